The van der Waals surface area contributed by atoms with Gasteiger partial charge >= 0.3 is 7.12 Å². The van der Waals surface area contributed by atoms with Crippen LogP contribution in [0.25, 0.3) is 0 Å². The standard InChI is InChI=1S/C9H13BO4/c1-2-13-7-14-9-6-4-3-5-8(9)10(11)12/h3-6,11-12H,2,7H2,1H3. The van der Waals surface area contributed by atoms with Gasteiger partial charge in [0.1, 0.15) is 5.75 Å². The van der Waals surface area contributed by atoms with E-state index in [9.17, 15) is 0 Å². The first-order chi connectivity index (χ1) is 6.75. The largest absolute Gasteiger partial charge is 0.492 e. The molecule has 0 fully saturated rings. The Kier molecular flexibility index (Phi) is 4.45. The summed E-state index contributed by atoms with van der Waals surface area (Å²) in [6, 6.07) is 6.72. The summed E-state index contributed by atoms with van der Waals surface area (Å²) in [6.45, 7) is 2.53. The molecule has 0 aliphatic carbocycles. The van der Waals surface area contributed by atoms with Crippen molar-refractivity contribution in [3.63, 3.8) is 0 Å². The van der Waals surface area contributed by atoms with Gasteiger partial charge in [0.2, 0.25) is 0 Å². The van der Waals surface area contributed by atoms with Crippen LogP contribution in [0.1, 0.15) is 6.92 Å². The van der Waals surface area contributed by atoms with E-state index in [-0.39, 0.29) is 6.79 Å². The summed E-state index contributed by atoms with van der Waals surface area (Å²) in [4.78, 5) is 0. The highest BCUT2D eigenvalue weighted by Crippen LogP contribution is 2.06. The van der Waals surface area contributed by atoms with E-state index >= 15 is 0 Å². The summed E-state index contributed by atoms with van der Waals surface area (Å²) in [5, 5.41) is 18.0. The zero-order valence-corrected chi connectivity index (χ0v) is 8.01. The molecule has 14 heavy (non-hydrogen) atoms. The average molecular weight is 196 g/mol. The fourth-order valence-electron chi connectivity index (χ4n) is 1.01. The highest BCUT2D eigenvalue weighted by molar-refractivity contribution is 6.59. The summed E-state index contributed by atoms with van der Waals surface area (Å²) >= 11 is 0. The van der Waals surface area contributed by atoms with Crippen molar-refractivity contribution in [1.82, 2.24) is 0 Å². The zero-order valence-electron chi connectivity index (χ0n) is 8.01. The molecule has 1 aromatic rings. The second kappa shape index (κ2) is 5.64. The van der Waals surface area contributed by atoms with Crippen LogP contribution in [0.3, 0.4) is 0 Å². The average Bonchev–Trinajstić information content (AvgIpc) is 2.19. The van der Waals surface area contributed by atoms with Gasteiger partial charge in [0.05, 0.1) is 0 Å². The number of hydrogen-bond donors (Lipinski definition) is 2. The Bertz CT molecular complexity index is 277. The Morgan fingerprint density at radius 1 is 1.29 bits per heavy atom. The molecular weight excluding hydrogens is 183 g/mol. The van der Waals surface area contributed by atoms with Gasteiger partial charge in [0, 0.05) is 12.1 Å². The molecule has 0 amide bonds. The SMILES string of the molecule is CCOCOc1ccccc1B(O)O. The van der Waals surface area contributed by atoms with Crippen LogP contribution in [-0.4, -0.2) is 30.6 Å². The van der Waals surface area contributed by atoms with Crippen LogP contribution in [0.15, 0.2) is 24.3 Å². The highest BCUT2D eigenvalue weighted by atomic mass is 16.7. The molecule has 1 aromatic carbocycles. The maximum atomic E-state index is 9.00. The lowest BCUT2D eigenvalue weighted by Gasteiger charge is -2.10. The fraction of sp³-hybridized carbons (Fsp3) is 0.333. The number of benzene rings is 1. The van der Waals surface area contributed by atoms with Crippen molar-refractivity contribution in [2.75, 3.05) is 13.4 Å². The van der Waals surface area contributed by atoms with E-state index in [1.165, 1.54) is 0 Å². The van der Waals surface area contributed by atoms with Gasteiger partial charge in [-0.2, -0.15) is 0 Å². The lowest BCUT2D eigenvalue weighted by molar-refractivity contribution is 0.0229. The van der Waals surface area contributed by atoms with E-state index in [0.29, 0.717) is 17.8 Å². The molecule has 0 aromatic heterocycles. The monoisotopic (exact) mass is 196 g/mol. The van der Waals surface area contributed by atoms with E-state index in [0.717, 1.165) is 0 Å². The molecule has 0 radical (unpaired) electrons. The van der Waals surface area contributed by atoms with Crippen LogP contribution in [0.2, 0.25) is 0 Å². The number of para-hydroxylation sites is 1. The van der Waals surface area contributed by atoms with E-state index in [1.54, 1.807) is 24.3 Å². The first-order valence-electron chi connectivity index (χ1n) is 4.41. The quantitative estimate of drug-likeness (QED) is 0.387. The van der Waals surface area contributed by atoms with Gasteiger partial charge in [0.15, 0.2) is 6.79 Å². The molecule has 0 spiro atoms. The maximum Gasteiger partial charge on any atom is 0.492 e. The summed E-state index contributed by atoms with van der Waals surface area (Å²) in [5.41, 5.74) is 0.340. The Labute approximate surface area is 83.2 Å². The third-order valence-corrected chi connectivity index (χ3v) is 1.70. The predicted octanol–water partition coefficient (Wildman–Crippen LogP) is -0.261. The smallest absolute Gasteiger partial charge is 0.468 e. The van der Waals surface area contributed by atoms with Gasteiger partial charge in [-0.15, -0.1) is 0 Å². The van der Waals surface area contributed by atoms with Crippen LogP contribution in [0, 0.1) is 0 Å². The van der Waals surface area contributed by atoms with E-state index < -0.39 is 7.12 Å². The van der Waals surface area contributed by atoms with Crippen molar-refractivity contribution in [3.8, 4) is 5.75 Å². The number of ether oxygens (including phenoxy) is 2. The van der Waals surface area contributed by atoms with Gasteiger partial charge in [-0.05, 0) is 13.0 Å². The Balaban J connectivity index is 2.64. The third-order valence-electron chi connectivity index (χ3n) is 1.70. The topological polar surface area (TPSA) is 58.9 Å². The summed E-state index contributed by atoms with van der Waals surface area (Å²) < 4.78 is 10.2. The molecule has 1 rings (SSSR count). The van der Waals surface area contributed by atoms with Crippen molar-refractivity contribution >= 4 is 12.6 Å². The predicted molar refractivity (Wildman–Crippen MR) is 53.4 cm³/mol. The van der Waals surface area contributed by atoms with Crippen LogP contribution < -0.4 is 10.2 Å². The van der Waals surface area contributed by atoms with Crippen molar-refractivity contribution in [2.45, 2.75) is 6.92 Å². The Morgan fingerprint density at radius 2 is 2.00 bits per heavy atom. The minimum Gasteiger partial charge on any atom is -0.468 e. The summed E-state index contributed by atoms with van der Waals surface area (Å²) in [5.74, 6) is 0.427. The molecule has 0 saturated heterocycles. The molecule has 0 saturated carbocycles. The van der Waals surface area contributed by atoms with Gasteiger partial charge in [-0.3, -0.25) is 0 Å². The second-order valence-corrected chi connectivity index (χ2v) is 2.67. The first-order valence-corrected chi connectivity index (χ1v) is 4.41. The second-order valence-electron chi connectivity index (χ2n) is 2.67. The summed E-state index contributed by atoms with van der Waals surface area (Å²) in [7, 11) is -1.52. The van der Waals surface area contributed by atoms with Crippen molar-refractivity contribution < 1.29 is 19.5 Å². The molecule has 5 heteroatoms. The zero-order chi connectivity index (χ0) is 10.4. The van der Waals surface area contributed by atoms with E-state index in [2.05, 4.69) is 0 Å². The van der Waals surface area contributed by atoms with Crippen molar-refractivity contribution in [1.29, 1.82) is 0 Å². The Morgan fingerprint density at radius 3 is 2.64 bits per heavy atom. The molecular formula is C9H13BO4. The first kappa shape index (κ1) is 11.0. The number of rotatable bonds is 5. The molecule has 0 aliphatic heterocycles. The van der Waals surface area contributed by atoms with Crippen molar-refractivity contribution in [3.05, 3.63) is 24.3 Å². The molecule has 0 bridgehead atoms. The van der Waals surface area contributed by atoms with Gasteiger partial charge < -0.3 is 19.5 Å². The van der Waals surface area contributed by atoms with Crippen molar-refractivity contribution in [2.24, 2.45) is 0 Å². The molecule has 0 unspecified atom stereocenters. The van der Waals surface area contributed by atoms with E-state index in [4.69, 9.17) is 19.5 Å². The fourth-order valence-corrected chi connectivity index (χ4v) is 1.01. The van der Waals surface area contributed by atoms with Crippen LogP contribution >= 0.6 is 0 Å². The number of hydrogen-bond acceptors (Lipinski definition) is 4. The maximum absolute atomic E-state index is 9.00. The van der Waals surface area contributed by atoms with Crippen LogP contribution in [0.4, 0.5) is 0 Å². The van der Waals surface area contributed by atoms with Crippen LogP contribution in [0.5, 0.6) is 5.75 Å². The van der Waals surface area contributed by atoms with Gasteiger partial charge in [-0.25, -0.2) is 0 Å². The third kappa shape index (κ3) is 3.03. The van der Waals surface area contributed by atoms with Gasteiger partial charge in [0.25, 0.3) is 0 Å². The molecule has 2 N–H and O–H groups in total. The minimum absolute atomic E-state index is 0.111. The molecule has 0 atom stereocenters. The summed E-state index contributed by atoms with van der Waals surface area (Å²) in [6.07, 6.45) is 0. The molecule has 0 heterocycles. The lowest BCUT2D eigenvalue weighted by atomic mass is 9.80. The lowest BCUT2D eigenvalue weighted by Crippen LogP contribution is -2.31. The molecule has 76 valence electrons. The molecule has 4 nitrogen and oxygen atoms in total. The molecule has 0 aliphatic rings. The highest BCUT2D eigenvalue weighted by Gasteiger charge is 2.15. The van der Waals surface area contributed by atoms with Crippen LogP contribution in [-0.2, 0) is 4.74 Å². The minimum atomic E-state index is -1.52. The Hall–Kier alpha value is -1.04. The van der Waals surface area contributed by atoms with Gasteiger partial charge in [-0.1, -0.05) is 18.2 Å². The van der Waals surface area contributed by atoms with E-state index in [1.807, 2.05) is 6.92 Å². The normalized spacial score (nSPS) is 9.93.